The predicted octanol–water partition coefficient (Wildman–Crippen LogP) is 2.94. The summed E-state index contributed by atoms with van der Waals surface area (Å²) in [5.41, 5.74) is 2.43. The molecular formula is C15H19N3O3. The quantitative estimate of drug-likeness (QED) is 0.659. The number of fused-ring (bicyclic) bond motifs is 1. The van der Waals surface area contributed by atoms with Gasteiger partial charge in [-0.05, 0) is 35.8 Å². The average molecular weight is 289 g/mol. The summed E-state index contributed by atoms with van der Waals surface area (Å²) in [6.07, 6.45) is 2.21. The highest BCUT2D eigenvalue weighted by molar-refractivity contribution is 5.95. The lowest BCUT2D eigenvalue weighted by Crippen LogP contribution is -2.19. The van der Waals surface area contributed by atoms with E-state index in [4.69, 9.17) is 0 Å². The minimum absolute atomic E-state index is 0.0226. The molecule has 0 radical (unpaired) electrons. The van der Waals surface area contributed by atoms with Gasteiger partial charge in [0.1, 0.15) is 5.69 Å². The maximum absolute atomic E-state index is 11.4. The lowest BCUT2D eigenvalue weighted by Gasteiger charge is -2.18. The second-order valence-corrected chi connectivity index (χ2v) is 6.60. The Morgan fingerprint density at radius 3 is 2.76 bits per heavy atom. The number of carbonyl (C=O) groups excluding carboxylic acids is 1. The van der Waals surface area contributed by atoms with E-state index in [2.05, 4.69) is 24.5 Å². The number of nitro groups is 1. The van der Waals surface area contributed by atoms with Gasteiger partial charge in [0.15, 0.2) is 0 Å². The highest BCUT2D eigenvalue weighted by Gasteiger charge is 2.45. The molecule has 1 aliphatic carbocycles. The summed E-state index contributed by atoms with van der Waals surface area (Å²) >= 11 is 0. The van der Waals surface area contributed by atoms with E-state index in [-0.39, 0.29) is 11.6 Å². The van der Waals surface area contributed by atoms with Gasteiger partial charge >= 0.3 is 0 Å². The number of anilines is 2. The van der Waals surface area contributed by atoms with Gasteiger partial charge in [0, 0.05) is 19.0 Å². The van der Waals surface area contributed by atoms with Gasteiger partial charge < -0.3 is 10.6 Å². The van der Waals surface area contributed by atoms with Crippen molar-refractivity contribution >= 4 is 23.0 Å². The van der Waals surface area contributed by atoms with E-state index < -0.39 is 4.92 Å². The predicted molar refractivity (Wildman–Crippen MR) is 80.4 cm³/mol. The second kappa shape index (κ2) is 4.72. The highest BCUT2D eigenvalue weighted by Crippen LogP contribution is 2.51. The molecule has 1 aromatic rings. The number of amides is 1. The van der Waals surface area contributed by atoms with Crippen LogP contribution in [0.5, 0.6) is 0 Å². The molecule has 1 aromatic carbocycles. The first-order chi connectivity index (χ1) is 9.87. The largest absolute Gasteiger partial charge is 0.379 e. The van der Waals surface area contributed by atoms with Crippen LogP contribution in [0.4, 0.5) is 17.1 Å². The number of aryl methyl sites for hydroxylation is 1. The smallest absolute Gasteiger partial charge is 0.294 e. The Bertz CT molecular complexity index is 625. The van der Waals surface area contributed by atoms with Crippen LogP contribution in [0.3, 0.4) is 0 Å². The Balaban J connectivity index is 1.84. The normalized spacial score (nSPS) is 22.2. The monoisotopic (exact) mass is 289 g/mol. The molecule has 112 valence electrons. The third-order valence-corrected chi connectivity index (χ3v) is 4.57. The zero-order valence-corrected chi connectivity index (χ0v) is 12.2. The molecule has 2 aliphatic rings. The molecule has 0 bridgehead atoms. The number of hydrogen-bond donors (Lipinski definition) is 2. The van der Waals surface area contributed by atoms with Crippen molar-refractivity contribution in [1.82, 2.24) is 0 Å². The van der Waals surface area contributed by atoms with Crippen LogP contribution in [0.2, 0.25) is 0 Å². The molecule has 1 heterocycles. The number of nitro benzene ring substituents is 1. The first-order valence-electron chi connectivity index (χ1n) is 7.22. The van der Waals surface area contributed by atoms with E-state index in [0.29, 0.717) is 35.5 Å². The molecule has 6 nitrogen and oxygen atoms in total. The number of nitrogens with zero attached hydrogens (tertiary/aromatic N) is 1. The molecule has 1 amide bonds. The Morgan fingerprint density at radius 2 is 2.14 bits per heavy atom. The summed E-state index contributed by atoms with van der Waals surface area (Å²) in [5, 5.41) is 17.2. The fourth-order valence-corrected chi connectivity index (χ4v) is 2.87. The Morgan fingerprint density at radius 1 is 1.43 bits per heavy atom. The Kier molecular flexibility index (Phi) is 3.11. The molecule has 1 fully saturated rings. The average Bonchev–Trinajstić information content (AvgIpc) is 3.02. The van der Waals surface area contributed by atoms with Gasteiger partial charge in [-0.15, -0.1) is 0 Å². The lowest BCUT2D eigenvalue weighted by molar-refractivity contribution is -0.383. The van der Waals surface area contributed by atoms with E-state index in [9.17, 15) is 14.9 Å². The highest BCUT2D eigenvalue weighted by atomic mass is 16.6. The summed E-state index contributed by atoms with van der Waals surface area (Å²) in [7, 11) is 0. The molecule has 0 spiro atoms. The topological polar surface area (TPSA) is 84.3 Å². The zero-order valence-electron chi connectivity index (χ0n) is 12.2. The fourth-order valence-electron chi connectivity index (χ4n) is 2.87. The standard InChI is InChI=1S/C15H19N3O3/c1-15(2)7-10(15)8-16-12-5-9-3-4-14(19)17-11(9)6-13(12)18(20)21/h5-6,10,16H,3-4,7-8H2,1-2H3,(H,17,19). The number of hydrogen-bond acceptors (Lipinski definition) is 4. The minimum Gasteiger partial charge on any atom is -0.379 e. The van der Waals surface area contributed by atoms with Crippen molar-refractivity contribution in [3.8, 4) is 0 Å². The first-order valence-corrected chi connectivity index (χ1v) is 7.22. The summed E-state index contributed by atoms with van der Waals surface area (Å²) < 4.78 is 0. The van der Waals surface area contributed by atoms with Crippen LogP contribution < -0.4 is 10.6 Å². The van der Waals surface area contributed by atoms with Crippen molar-refractivity contribution in [2.75, 3.05) is 17.2 Å². The van der Waals surface area contributed by atoms with Gasteiger partial charge in [-0.3, -0.25) is 14.9 Å². The van der Waals surface area contributed by atoms with Crippen molar-refractivity contribution in [3.63, 3.8) is 0 Å². The number of carbonyl (C=O) groups is 1. The number of rotatable bonds is 4. The summed E-state index contributed by atoms with van der Waals surface area (Å²) in [6, 6.07) is 3.27. The molecule has 21 heavy (non-hydrogen) atoms. The van der Waals surface area contributed by atoms with Gasteiger partial charge in [-0.25, -0.2) is 0 Å². The van der Waals surface area contributed by atoms with E-state index in [0.717, 1.165) is 18.5 Å². The van der Waals surface area contributed by atoms with Gasteiger partial charge in [-0.2, -0.15) is 0 Å². The molecule has 1 unspecified atom stereocenters. The van der Waals surface area contributed by atoms with Gasteiger partial charge in [0.05, 0.1) is 10.6 Å². The van der Waals surface area contributed by atoms with Crippen LogP contribution in [-0.2, 0) is 11.2 Å². The third kappa shape index (κ3) is 2.70. The van der Waals surface area contributed by atoms with E-state index in [1.54, 1.807) is 0 Å². The van der Waals surface area contributed by atoms with Gasteiger partial charge in [0.2, 0.25) is 5.91 Å². The maximum atomic E-state index is 11.4. The van der Waals surface area contributed by atoms with Crippen LogP contribution in [0.25, 0.3) is 0 Å². The molecule has 6 heteroatoms. The molecular weight excluding hydrogens is 270 g/mol. The van der Waals surface area contributed by atoms with Crippen LogP contribution in [0, 0.1) is 21.4 Å². The van der Waals surface area contributed by atoms with E-state index >= 15 is 0 Å². The lowest BCUT2D eigenvalue weighted by atomic mass is 10.0. The molecule has 2 N–H and O–H groups in total. The molecule has 1 saturated carbocycles. The van der Waals surface area contributed by atoms with Crippen molar-refractivity contribution in [1.29, 1.82) is 0 Å². The van der Waals surface area contributed by atoms with E-state index in [1.807, 2.05) is 6.07 Å². The maximum Gasteiger partial charge on any atom is 0.294 e. The molecule has 1 atom stereocenters. The molecule has 0 saturated heterocycles. The third-order valence-electron chi connectivity index (χ3n) is 4.57. The molecule has 3 rings (SSSR count). The van der Waals surface area contributed by atoms with Gasteiger partial charge in [-0.1, -0.05) is 13.8 Å². The van der Waals surface area contributed by atoms with Crippen molar-refractivity contribution in [2.24, 2.45) is 11.3 Å². The van der Waals surface area contributed by atoms with Crippen LogP contribution in [0.15, 0.2) is 12.1 Å². The van der Waals surface area contributed by atoms with Crippen molar-refractivity contribution in [2.45, 2.75) is 33.1 Å². The second-order valence-electron chi connectivity index (χ2n) is 6.60. The Hall–Kier alpha value is -2.11. The van der Waals surface area contributed by atoms with Crippen LogP contribution >= 0.6 is 0 Å². The molecule has 1 aliphatic heterocycles. The first kappa shape index (κ1) is 13.9. The SMILES string of the molecule is CC1(C)CC1CNc1cc2c(cc1[N+](=O)[O-])NC(=O)CC2. The molecule has 0 aromatic heterocycles. The minimum atomic E-state index is -0.401. The number of nitrogens with one attached hydrogen (secondary N) is 2. The zero-order chi connectivity index (χ0) is 15.2. The van der Waals surface area contributed by atoms with Crippen molar-refractivity contribution in [3.05, 3.63) is 27.8 Å². The Labute approximate surface area is 123 Å². The van der Waals surface area contributed by atoms with Crippen LogP contribution in [-0.4, -0.2) is 17.4 Å². The fraction of sp³-hybridized carbons (Fsp3) is 0.533. The summed E-state index contributed by atoms with van der Waals surface area (Å²) in [5.74, 6) is 0.477. The number of benzene rings is 1. The summed E-state index contributed by atoms with van der Waals surface area (Å²) in [6.45, 7) is 5.16. The van der Waals surface area contributed by atoms with Crippen LogP contribution in [0.1, 0.15) is 32.3 Å². The van der Waals surface area contributed by atoms with Gasteiger partial charge in [0.25, 0.3) is 5.69 Å². The van der Waals surface area contributed by atoms with E-state index in [1.165, 1.54) is 6.07 Å². The van der Waals surface area contributed by atoms with Crippen molar-refractivity contribution < 1.29 is 9.72 Å². The summed E-state index contributed by atoms with van der Waals surface area (Å²) in [4.78, 5) is 22.2.